The molecule has 0 saturated carbocycles. The number of nitrogens with one attached hydrogen (secondary N) is 1. The highest BCUT2D eigenvalue weighted by atomic mass is 35.5. The van der Waals surface area contributed by atoms with Gasteiger partial charge in [-0.3, -0.25) is 24.3 Å². The highest BCUT2D eigenvalue weighted by Crippen LogP contribution is 2.27. The third-order valence-electron chi connectivity index (χ3n) is 4.04. The van der Waals surface area contributed by atoms with Crippen molar-refractivity contribution in [2.24, 2.45) is 0 Å². The summed E-state index contributed by atoms with van der Waals surface area (Å²) in [6, 6.07) is 10.9. The molecule has 10 heteroatoms. The lowest BCUT2D eigenvalue weighted by molar-refractivity contribution is -0.384. The van der Waals surface area contributed by atoms with Crippen LogP contribution < -0.4 is 10.9 Å². The summed E-state index contributed by atoms with van der Waals surface area (Å²) in [5.74, 6) is -0.363. The number of nitro groups is 1. The van der Waals surface area contributed by atoms with Crippen molar-refractivity contribution in [3.8, 4) is 0 Å². The average Bonchev–Trinajstić information content (AvgIpc) is 2.70. The molecule has 0 unspecified atom stereocenters. The van der Waals surface area contributed by atoms with Crippen molar-refractivity contribution in [1.29, 1.82) is 0 Å². The number of halogens is 1. The molecule has 1 amide bonds. The van der Waals surface area contributed by atoms with Gasteiger partial charge in [0.1, 0.15) is 0 Å². The number of carbonyl (C=O) groups excluding carboxylic acids is 1. The summed E-state index contributed by atoms with van der Waals surface area (Å²) in [5, 5.41) is 14.5. The molecule has 150 valence electrons. The molecule has 3 rings (SSSR count). The number of nitro benzene ring substituents is 1. The Morgan fingerprint density at radius 2 is 2.07 bits per heavy atom. The first kappa shape index (κ1) is 20.8. The van der Waals surface area contributed by atoms with Gasteiger partial charge in [-0.05, 0) is 24.6 Å². The summed E-state index contributed by atoms with van der Waals surface area (Å²) in [7, 11) is 0. The SMILES string of the molecule is CCCn1c(SCC(=O)Nc2ccc([N+](=O)[O-])cc2Cl)nc2ccccc2c1=O. The number of fused-ring (bicyclic) bond motifs is 1. The number of thioether (sulfide) groups is 1. The van der Waals surface area contributed by atoms with E-state index in [0.717, 1.165) is 18.2 Å². The highest BCUT2D eigenvalue weighted by molar-refractivity contribution is 7.99. The van der Waals surface area contributed by atoms with E-state index in [1.165, 1.54) is 18.2 Å². The minimum Gasteiger partial charge on any atom is -0.324 e. The molecule has 0 fully saturated rings. The molecule has 1 N–H and O–H groups in total. The number of carbonyl (C=O) groups is 1. The number of amides is 1. The van der Waals surface area contributed by atoms with Crippen molar-refractivity contribution in [2.75, 3.05) is 11.1 Å². The van der Waals surface area contributed by atoms with E-state index >= 15 is 0 Å². The standard InChI is InChI=1S/C19H17ClN4O4S/c1-2-9-23-18(26)13-5-3-4-6-15(13)22-19(23)29-11-17(25)21-16-8-7-12(24(27)28)10-14(16)20/h3-8,10H,2,9,11H2,1H3,(H,21,25). The molecule has 1 heterocycles. The normalized spacial score (nSPS) is 10.8. The van der Waals surface area contributed by atoms with Crippen LogP contribution in [0, 0.1) is 10.1 Å². The molecule has 3 aromatic rings. The lowest BCUT2D eigenvalue weighted by Gasteiger charge is -2.12. The fourth-order valence-electron chi connectivity index (χ4n) is 2.71. The fourth-order valence-corrected chi connectivity index (χ4v) is 3.76. The number of anilines is 1. The maximum atomic E-state index is 12.7. The van der Waals surface area contributed by atoms with E-state index in [0.29, 0.717) is 22.6 Å². The van der Waals surface area contributed by atoms with Crippen LogP contribution in [0.2, 0.25) is 5.02 Å². The summed E-state index contributed by atoms with van der Waals surface area (Å²) >= 11 is 7.15. The number of non-ortho nitro benzene ring substituents is 1. The van der Waals surface area contributed by atoms with Crippen LogP contribution in [0.15, 0.2) is 52.4 Å². The summed E-state index contributed by atoms with van der Waals surface area (Å²) in [4.78, 5) is 39.8. The van der Waals surface area contributed by atoms with E-state index in [1.54, 1.807) is 28.8 Å². The van der Waals surface area contributed by atoms with E-state index in [1.807, 2.05) is 6.92 Å². The third kappa shape index (κ3) is 4.75. The van der Waals surface area contributed by atoms with Crippen LogP contribution in [-0.4, -0.2) is 26.1 Å². The van der Waals surface area contributed by atoms with E-state index in [2.05, 4.69) is 10.3 Å². The number of rotatable bonds is 7. The van der Waals surface area contributed by atoms with Crippen molar-refractivity contribution in [1.82, 2.24) is 9.55 Å². The highest BCUT2D eigenvalue weighted by Gasteiger charge is 2.15. The van der Waals surface area contributed by atoms with Crippen LogP contribution in [0.5, 0.6) is 0 Å². The number of nitrogens with zero attached hydrogens (tertiary/aromatic N) is 3. The van der Waals surface area contributed by atoms with E-state index in [4.69, 9.17) is 11.6 Å². The average molecular weight is 433 g/mol. The van der Waals surface area contributed by atoms with Gasteiger partial charge in [0.25, 0.3) is 11.2 Å². The maximum absolute atomic E-state index is 12.7. The van der Waals surface area contributed by atoms with E-state index in [-0.39, 0.29) is 33.6 Å². The summed E-state index contributed by atoms with van der Waals surface area (Å²) < 4.78 is 1.57. The number of hydrogen-bond donors (Lipinski definition) is 1. The van der Waals surface area contributed by atoms with Crippen molar-refractivity contribution in [2.45, 2.75) is 25.0 Å². The Hall–Kier alpha value is -2.91. The van der Waals surface area contributed by atoms with Gasteiger partial charge < -0.3 is 5.32 Å². The topological polar surface area (TPSA) is 107 Å². The molecule has 8 nitrogen and oxygen atoms in total. The van der Waals surface area contributed by atoms with Crippen LogP contribution in [0.25, 0.3) is 10.9 Å². The summed E-state index contributed by atoms with van der Waals surface area (Å²) in [6.45, 7) is 2.45. The molecule has 0 spiro atoms. The monoisotopic (exact) mass is 432 g/mol. The number of para-hydroxylation sites is 1. The Labute approximate surface area is 175 Å². The lowest BCUT2D eigenvalue weighted by Crippen LogP contribution is -2.24. The molecule has 1 aromatic heterocycles. The van der Waals surface area contributed by atoms with Gasteiger partial charge >= 0.3 is 0 Å². The smallest absolute Gasteiger partial charge is 0.271 e. The van der Waals surface area contributed by atoms with Crippen molar-refractivity contribution >= 4 is 51.5 Å². The first-order valence-electron chi connectivity index (χ1n) is 8.77. The number of benzene rings is 2. The molecule has 2 aromatic carbocycles. The Morgan fingerprint density at radius 3 is 2.76 bits per heavy atom. The Bertz CT molecular complexity index is 1150. The molecule has 0 aliphatic carbocycles. The minimum atomic E-state index is -0.564. The molecular formula is C19H17ClN4O4S. The summed E-state index contributed by atoms with van der Waals surface area (Å²) in [5.41, 5.74) is 0.552. The molecule has 0 saturated heterocycles. The van der Waals surface area contributed by atoms with E-state index < -0.39 is 4.92 Å². The minimum absolute atomic E-state index is 0.00180. The van der Waals surface area contributed by atoms with Crippen molar-refractivity contribution < 1.29 is 9.72 Å². The van der Waals surface area contributed by atoms with Gasteiger partial charge in [0.15, 0.2) is 5.16 Å². The van der Waals surface area contributed by atoms with Gasteiger partial charge in [-0.2, -0.15) is 0 Å². The predicted molar refractivity (Wildman–Crippen MR) is 114 cm³/mol. The van der Waals surface area contributed by atoms with Crippen molar-refractivity contribution in [3.63, 3.8) is 0 Å². The second-order valence-electron chi connectivity index (χ2n) is 6.13. The van der Waals surface area contributed by atoms with Gasteiger partial charge in [-0.25, -0.2) is 4.98 Å². The molecule has 0 radical (unpaired) electrons. The Morgan fingerprint density at radius 1 is 1.31 bits per heavy atom. The first-order valence-corrected chi connectivity index (χ1v) is 10.1. The quantitative estimate of drug-likeness (QED) is 0.260. The fraction of sp³-hybridized carbons (Fsp3) is 0.211. The molecule has 0 bridgehead atoms. The first-order chi connectivity index (χ1) is 13.9. The van der Waals surface area contributed by atoms with E-state index in [9.17, 15) is 19.7 Å². The molecule has 29 heavy (non-hydrogen) atoms. The van der Waals surface area contributed by atoms with Gasteiger partial charge in [0, 0.05) is 18.7 Å². The summed E-state index contributed by atoms with van der Waals surface area (Å²) in [6.07, 6.45) is 0.748. The largest absolute Gasteiger partial charge is 0.324 e. The van der Waals surface area contributed by atoms with Crippen LogP contribution >= 0.6 is 23.4 Å². The van der Waals surface area contributed by atoms with Gasteiger partial charge in [0.05, 0.1) is 32.3 Å². The van der Waals surface area contributed by atoms with Gasteiger partial charge in [-0.15, -0.1) is 0 Å². The van der Waals surface area contributed by atoms with Crippen LogP contribution in [0.3, 0.4) is 0 Å². The molecular weight excluding hydrogens is 416 g/mol. The lowest BCUT2D eigenvalue weighted by atomic mass is 10.2. The number of aromatic nitrogens is 2. The molecule has 0 aliphatic heterocycles. The predicted octanol–water partition coefficient (Wildman–Crippen LogP) is 4.10. The molecule has 0 atom stereocenters. The van der Waals surface area contributed by atoms with Crippen LogP contribution in [0.4, 0.5) is 11.4 Å². The second kappa shape index (κ2) is 9.06. The van der Waals surface area contributed by atoms with Gasteiger partial charge in [-0.1, -0.05) is 42.4 Å². The Balaban J connectivity index is 1.78. The zero-order valence-electron chi connectivity index (χ0n) is 15.4. The maximum Gasteiger partial charge on any atom is 0.271 e. The zero-order chi connectivity index (χ0) is 21.0. The zero-order valence-corrected chi connectivity index (χ0v) is 17.0. The number of hydrogen-bond acceptors (Lipinski definition) is 6. The van der Waals surface area contributed by atoms with Crippen LogP contribution in [-0.2, 0) is 11.3 Å². The Kier molecular flexibility index (Phi) is 6.50. The molecule has 0 aliphatic rings. The second-order valence-corrected chi connectivity index (χ2v) is 7.48. The van der Waals surface area contributed by atoms with Crippen molar-refractivity contribution in [3.05, 3.63) is 68.0 Å². The third-order valence-corrected chi connectivity index (χ3v) is 5.33. The van der Waals surface area contributed by atoms with Gasteiger partial charge in [0.2, 0.25) is 5.91 Å². The van der Waals surface area contributed by atoms with Crippen LogP contribution in [0.1, 0.15) is 13.3 Å².